The molecule has 1 aromatic rings. The van der Waals surface area contributed by atoms with E-state index in [0.29, 0.717) is 12.0 Å². The number of carbonyl (C=O) groups excluding carboxylic acids is 1. The molecule has 1 N–H and O–H groups in total. The summed E-state index contributed by atoms with van der Waals surface area (Å²) >= 11 is 0. The highest BCUT2D eigenvalue weighted by Crippen LogP contribution is 2.36. The number of nitrogens with zero attached hydrogens (tertiary/aromatic N) is 1. The van der Waals surface area contributed by atoms with Gasteiger partial charge in [0, 0.05) is 24.7 Å². The molecular weight excluding hydrogens is 272 g/mol. The van der Waals surface area contributed by atoms with Crippen LogP contribution in [-0.4, -0.2) is 36.5 Å². The van der Waals surface area contributed by atoms with Gasteiger partial charge >= 0.3 is 0 Å². The fraction of sp³-hybridized carbons (Fsp3) is 0.632. The lowest BCUT2D eigenvalue weighted by molar-refractivity contribution is 0.0690. The van der Waals surface area contributed by atoms with Crippen LogP contribution in [0.3, 0.4) is 0 Å². The molecule has 1 saturated heterocycles. The monoisotopic (exact) mass is 300 g/mol. The summed E-state index contributed by atoms with van der Waals surface area (Å²) in [5.41, 5.74) is 2.24. The Kier molecular flexibility index (Phi) is 5.14. The predicted octanol–water partition coefficient (Wildman–Crippen LogP) is 3.56. The average Bonchev–Trinajstić information content (AvgIpc) is 3.25. The molecule has 2 aliphatic rings. The lowest BCUT2D eigenvalue weighted by atomic mass is 9.92. The van der Waals surface area contributed by atoms with Crippen molar-refractivity contribution in [2.24, 2.45) is 0 Å². The second-order valence-electron chi connectivity index (χ2n) is 6.71. The van der Waals surface area contributed by atoms with E-state index in [4.69, 9.17) is 0 Å². The molecule has 0 spiro atoms. The van der Waals surface area contributed by atoms with Crippen molar-refractivity contribution in [1.82, 2.24) is 10.2 Å². The third-order valence-electron chi connectivity index (χ3n) is 5.19. The molecule has 1 aliphatic heterocycles. The van der Waals surface area contributed by atoms with E-state index in [1.807, 2.05) is 12.1 Å². The molecule has 1 aliphatic carbocycles. The van der Waals surface area contributed by atoms with E-state index in [0.717, 1.165) is 38.0 Å². The molecule has 120 valence electrons. The van der Waals surface area contributed by atoms with Crippen molar-refractivity contribution in [1.29, 1.82) is 0 Å². The summed E-state index contributed by atoms with van der Waals surface area (Å²) in [6, 6.07) is 8.69. The Bertz CT molecular complexity index is 502. The van der Waals surface area contributed by atoms with Gasteiger partial charge in [-0.25, -0.2) is 0 Å². The van der Waals surface area contributed by atoms with E-state index in [9.17, 15) is 4.79 Å². The molecule has 0 unspecified atom stereocenters. The summed E-state index contributed by atoms with van der Waals surface area (Å²) < 4.78 is 0. The fourth-order valence-corrected chi connectivity index (χ4v) is 4.04. The number of benzene rings is 1. The molecule has 22 heavy (non-hydrogen) atoms. The summed E-state index contributed by atoms with van der Waals surface area (Å²) in [4.78, 5) is 15.3. The Balaban J connectivity index is 1.86. The molecule has 0 bridgehead atoms. The summed E-state index contributed by atoms with van der Waals surface area (Å²) in [6.07, 6.45) is 7.19. The smallest absolute Gasteiger partial charge is 0.254 e. The quantitative estimate of drug-likeness (QED) is 0.902. The van der Waals surface area contributed by atoms with Gasteiger partial charge in [-0.2, -0.15) is 0 Å². The first-order chi connectivity index (χ1) is 10.8. The molecule has 2 fully saturated rings. The van der Waals surface area contributed by atoms with Crippen molar-refractivity contribution in [3.05, 3.63) is 35.4 Å². The first-order valence-electron chi connectivity index (χ1n) is 8.92. The summed E-state index contributed by atoms with van der Waals surface area (Å²) in [5, 5.41) is 3.39. The number of hydrogen-bond donors (Lipinski definition) is 1. The Morgan fingerprint density at radius 1 is 1.23 bits per heavy atom. The van der Waals surface area contributed by atoms with Crippen LogP contribution < -0.4 is 5.32 Å². The lowest BCUT2D eigenvalue weighted by Crippen LogP contribution is -2.42. The molecule has 0 radical (unpaired) electrons. The van der Waals surface area contributed by atoms with Crippen LogP contribution in [0, 0.1) is 0 Å². The highest BCUT2D eigenvalue weighted by atomic mass is 16.2. The number of amides is 1. The van der Waals surface area contributed by atoms with E-state index in [1.54, 1.807) is 0 Å². The van der Waals surface area contributed by atoms with Gasteiger partial charge in [0.15, 0.2) is 0 Å². The Labute approximate surface area is 134 Å². The van der Waals surface area contributed by atoms with Gasteiger partial charge in [-0.05, 0) is 49.8 Å². The maximum absolute atomic E-state index is 13.2. The van der Waals surface area contributed by atoms with Gasteiger partial charge in [0.25, 0.3) is 5.91 Å². The van der Waals surface area contributed by atoms with Gasteiger partial charge in [-0.3, -0.25) is 4.79 Å². The zero-order valence-electron chi connectivity index (χ0n) is 13.7. The van der Waals surface area contributed by atoms with Crippen molar-refractivity contribution in [3.8, 4) is 0 Å². The van der Waals surface area contributed by atoms with Crippen LogP contribution in [0.2, 0.25) is 0 Å². The summed E-state index contributed by atoms with van der Waals surface area (Å²) in [5.74, 6) is 0.836. The molecule has 1 heterocycles. The number of hydrogen-bond acceptors (Lipinski definition) is 2. The number of nitrogens with one attached hydrogen (secondary N) is 1. The number of carbonyl (C=O) groups is 1. The van der Waals surface area contributed by atoms with E-state index in [-0.39, 0.29) is 5.91 Å². The Morgan fingerprint density at radius 3 is 2.68 bits per heavy atom. The summed E-state index contributed by atoms with van der Waals surface area (Å²) in [6.45, 7) is 5.00. The van der Waals surface area contributed by atoms with Gasteiger partial charge in [-0.15, -0.1) is 0 Å². The zero-order valence-corrected chi connectivity index (χ0v) is 13.7. The maximum atomic E-state index is 13.2. The molecule has 3 heteroatoms. The van der Waals surface area contributed by atoms with Crippen LogP contribution in [0.4, 0.5) is 0 Å². The minimum absolute atomic E-state index is 0.248. The maximum Gasteiger partial charge on any atom is 0.254 e. The lowest BCUT2D eigenvalue weighted by Gasteiger charge is -2.29. The fourth-order valence-electron chi connectivity index (χ4n) is 4.04. The first-order valence-corrected chi connectivity index (χ1v) is 8.92. The van der Waals surface area contributed by atoms with E-state index in [1.165, 1.54) is 31.2 Å². The molecule has 1 atom stereocenters. The second kappa shape index (κ2) is 7.28. The summed E-state index contributed by atoms with van der Waals surface area (Å²) in [7, 11) is 0. The SMILES string of the molecule is CCCN(C(=O)c1ccccc1C1CCCC1)[C@H]1CCNC1. The minimum Gasteiger partial charge on any atom is -0.334 e. The normalized spacial score (nSPS) is 22.1. The standard InChI is InChI=1S/C19H28N2O/c1-2-13-21(16-11-12-20-14-16)19(22)18-10-6-5-9-17(18)15-7-3-4-8-15/h5-6,9-10,15-16,20H,2-4,7-8,11-14H2,1H3/t16-/m0/s1. The predicted molar refractivity (Wildman–Crippen MR) is 90.3 cm³/mol. The van der Waals surface area contributed by atoms with E-state index in [2.05, 4.69) is 29.3 Å². The van der Waals surface area contributed by atoms with Crippen LogP contribution in [0.25, 0.3) is 0 Å². The second-order valence-corrected chi connectivity index (χ2v) is 6.71. The molecule has 0 aromatic heterocycles. The van der Waals surface area contributed by atoms with Crippen molar-refractivity contribution in [2.75, 3.05) is 19.6 Å². The van der Waals surface area contributed by atoms with Gasteiger partial charge < -0.3 is 10.2 Å². The van der Waals surface area contributed by atoms with Gasteiger partial charge in [0.2, 0.25) is 0 Å². The van der Waals surface area contributed by atoms with Crippen molar-refractivity contribution in [2.45, 2.75) is 57.4 Å². The van der Waals surface area contributed by atoms with Crippen molar-refractivity contribution in [3.63, 3.8) is 0 Å². The molecule has 1 saturated carbocycles. The van der Waals surface area contributed by atoms with E-state index < -0.39 is 0 Å². The van der Waals surface area contributed by atoms with E-state index >= 15 is 0 Å². The minimum atomic E-state index is 0.248. The molecule has 3 nitrogen and oxygen atoms in total. The largest absolute Gasteiger partial charge is 0.334 e. The van der Waals surface area contributed by atoms with Crippen LogP contribution in [0.5, 0.6) is 0 Å². The Morgan fingerprint density at radius 2 is 2.00 bits per heavy atom. The Hall–Kier alpha value is -1.35. The molecule has 3 rings (SSSR count). The third kappa shape index (κ3) is 3.19. The van der Waals surface area contributed by atoms with Crippen molar-refractivity contribution < 1.29 is 4.79 Å². The highest BCUT2D eigenvalue weighted by Gasteiger charge is 2.29. The highest BCUT2D eigenvalue weighted by molar-refractivity contribution is 5.96. The first kappa shape index (κ1) is 15.5. The van der Waals surface area contributed by atoms with Crippen molar-refractivity contribution >= 4 is 5.91 Å². The zero-order chi connectivity index (χ0) is 15.4. The van der Waals surface area contributed by atoms with Gasteiger partial charge in [0.1, 0.15) is 0 Å². The molecule has 1 amide bonds. The molecule has 1 aromatic carbocycles. The topological polar surface area (TPSA) is 32.3 Å². The third-order valence-corrected chi connectivity index (χ3v) is 5.19. The van der Waals surface area contributed by atoms with Crippen LogP contribution in [-0.2, 0) is 0 Å². The van der Waals surface area contributed by atoms with Gasteiger partial charge in [-0.1, -0.05) is 38.0 Å². The average molecular weight is 300 g/mol. The van der Waals surface area contributed by atoms with Crippen LogP contribution in [0.1, 0.15) is 67.3 Å². The number of rotatable bonds is 5. The van der Waals surface area contributed by atoms with Crippen LogP contribution in [0.15, 0.2) is 24.3 Å². The molecular formula is C19H28N2O. The van der Waals surface area contributed by atoms with Crippen LogP contribution >= 0.6 is 0 Å². The van der Waals surface area contributed by atoms with Gasteiger partial charge in [0.05, 0.1) is 0 Å².